The van der Waals surface area contributed by atoms with Crippen LogP contribution in [0.4, 0.5) is 11.4 Å². The minimum Gasteiger partial charge on any atom is -0.343 e. The molecule has 16 heavy (non-hydrogen) atoms. The number of hydrogen-bond acceptors (Lipinski definition) is 3. The Morgan fingerprint density at radius 1 is 1.12 bits per heavy atom. The van der Waals surface area contributed by atoms with E-state index in [2.05, 4.69) is 22.0 Å². The van der Waals surface area contributed by atoms with Crippen molar-refractivity contribution in [3.05, 3.63) is 54.4 Å². The summed E-state index contributed by atoms with van der Waals surface area (Å²) in [6, 6.07) is 12.2. The van der Waals surface area contributed by atoms with E-state index in [4.69, 9.17) is 5.73 Å². The lowest BCUT2D eigenvalue weighted by Gasteiger charge is -2.19. The molecule has 0 radical (unpaired) electrons. The Morgan fingerprint density at radius 3 is 2.44 bits per heavy atom. The molecule has 3 nitrogen and oxygen atoms in total. The third-order valence-corrected chi connectivity index (χ3v) is 2.59. The molecule has 0 spiro atoms. The van der Waals surface area contributed by atoms with Gasteiger partial charge in [0.05, 0.1) is 11.9 Å². The van der Waals surface area contributed by atoms with Gasteiger partial charge in [-0.15, -0.1) is 0 Å². The van der Waals surface area contributed by atoms with Crippen LogP contribution in [-0.4, -0.2) is 12.0 Å². The second-order valence-electron chi connectivity index (χ2n) is 3.64. The van der Waals surface area contributed by atoms with Crippen molar-refractivity contribution >= 4 is 11.4 Å². The molecule has 3 heteroatoms. The zero-order chi connectivity index (χ0) is 11.4. The second kappa shape index (κ2) is 4.77. The van der Waals surface area contributed by atoms with Gasteiger partial charge in [-0.1, -0.05) is 12.1 Å². The van der Waals surface area contributed by atoms with E-state index in [1.54, 1.807) is 6.20 Å². The minimum atomic E-state index is 0.580. The molecular formula is C13H15N3. The highest BCUT2D eigenvalue weighted by molar-refractivity contribution is 5.61. The van der Waals surface area contributed by atoms with Gasteiger partial charge in [0.2, 0.25) is 0 Å². The van der Waals surface area contributed by atoms with Crippen molar-refractivity contribution < 1.29 is 0 Å². The zero-order valence-corrected chi connectivity index (χ0v) is 9.30. The number of aromatic nitrogens is 1. The van der Waals surface area contributed by atoms with Gasteiger partial charge < -0.3 is 10.6 Å². The molecule has 2 aromatic rings. The fraction of sp³-hybridized carbons (Fsp3) is 0.154. The molecular weight excluding hydrogens is 198 g/mol. The third kappa shape index (κ3) is 2.20. The molecule has 0 atom stereocenters. The van der Waals surface area contributed by atoms with Gasteiger partial charge in [0.25, 0.3) is 0 Å². The molecule has 0 aliphatic heterocycles. The predicted molar refractivity (Wildman–Crippen MR) is 66.6 cm³/mol. The monoisotopic (exact) mass is 213 g/mol. The van der Waals surface area contributed by atoms with Crippen LogP contribution in [0, 0.1) is 0 Å². The van der Waals surface area contributed by atoms with E-state index in [-0.39, 0.29) is 0 Å². The van der Waals surface area contributed by atoms with Crippen molar-refractivity contribution in [3.8, 4) is 0 Å². The molecule has 0 bridgehead atoms. The molecule has 0 amide bonds. The molecule has 1 aromatic heterocycles. The fourth-order valence-electron chi connectivity index (χ4n) is 1.56. The van der Waals surface area contributed by atoms with Gasteiger partial charge in [-0.05, 0) is 29.8 Å². The Morgan fingerprint density at radius 2 is 1.88 bits per heavy atom. The first-order valence-corrected chi connectivity index (χ1v) is 5.24. The molecule has 2 rings (SSSR count). The van der Waals surface area contributed by atoms with Crippen molar-refractivity contribution in [2.45, 2.75) is 6.54 Å². The Balaban J connectivity index is 2.24. The fourth-order valence-corrected chi connectivity index (χ4v) is 1.56. The topological polar surface area (TPSA) is 42.1 Å². The largest absolute Gasteiger partial charge is 0.343 e. The number of anilines is 2. The maximum absolute atomic E-state index is 5.56. The molecule has 0 saturated heterocycles. The first-order chi connectivity index (χ1) is 7.81. The number of nitrogens with zero attached hydrogens (tertiary/aromatic N) is 2. The first kappa shape index (κ1) is 10.6. The van der Waals surface area contributed by atoms with E-state index >= 15 is 0 Å². The van der Waals surface area contributed by atoms with E-state index in [1.807, 2.05) is 37.5 Å². The van der Waals surface area contributed by atoms with Gasteiger partial charge in [-0.3, -0.25) is 4.98 Å². The van der Waals surface area contributed by atoms with Gasteiger partial charge in [0.1, 0.15) is 0 Å². The molecule has 0 unspecified atom stereocenters. The number of hydrogen-bond donors (Lipinski definition) is 1. The molecule has 0 aliphatic rings. The predicted octanol–water partition coefficient (Wildman–Crippen LogP) is 2.31. The van der Waals surface area contributed by atoms with Gasteiger partial charge in [0.15, 0.2) is 0 Å². The maximum Gasteiger partial charge on any atom is 0.0594 e. The van der Waals surface area contributed by atoms with Crippen LogP contribution in [0.5, 0.6) is 0 Å². The lowest BCUT2D eigenvalue weighted by atomic mass is 10.2. The van der Waals surface area contributed by atoms with Crippen molar-refractivity contribution in [1.82, 2.24) is 4.98 Å². The zero-order valence-electron chi connectivity index (χ0n) is 9.30. The van der Waals surface area contributed by atoms with E-state index in [1.165, 1.54) is 0 Å². The molecule has 0 aliphatic carbocycles. The van der Waals surface area contributed by atoms with E-state index in [0.717, 1.165) is 16.9 Å². The van der Waals surface area contributed by atoms with E-state index in [9.17, 15) is 0 Å². The number of pyridine rings is 1. The van der Waals surface area contributed by atoms with E-state index < -0.39 is 0 Å². The van der Waals surface area contributed by atoms with Crippen molar-refractivity contribution in [1.29, 1.82) is 0 Å². The quantitative estimate of drug-likeness (QED) is 0.850. The van der Waals surface area contributed by atoms with Gasteiger partial charge in [-0.25, -0.2) is 0 Å². The van der Waals surface area contributed by atoms with Crippen LogP contribution in [0.2, 0.25) is 0 Å². The van der Waals surface area contributed by atoms with Crippen LogP contribution in [0.15, 0.2) is 48.8 Å². The summed E-state index contributed by atoms with van der Waals surface area (Å²) >= 11 is 0. The molecule has 0 saturated carbocycles. The third-order valence-electron chi connectivity index (χ3n) is 2.59. The van der Waals surface area contributed by atoms with Crippen LogP contribution in [0.3, 0.4) is 0 Å². The van der Waals surface area contributed by atoms with Crippen LogP contribution in [-0.2, 0) is 6.54 Å². The normalized spacial score (nSPS) is 10.1. The summed E-state index contributed by atoms with van der Waals surface area (Å²) < 4.78 is 0. The lowest BCUT2D eigenvalue weighted by molar-refractivity contribution is 1.07. The van der Waals surface area contributed by atoms with Crippen LogP contribution >= 0.6 is 0 Å². The highest BCUT2D eigenvalue weighted by atomic mass is 15.1. The number of benzene rings is 1. The molecule has 1 aromatic carbocycles. The Bertz CT molecular complexity index is 436. The number of nitrogens with two attached hydrogens (primary N) is 1. The standard InChI is InChI=1S/C13H15N3/c1-16(13-3-2-8-15-10-13)12-6-4-11(9-14)5-7-12/h2-8,10H,9,14H2,1H3. The summed E-state index contributed by atoms with van der Waals surface area (Å²) in [5, 5.41) is 0. The van der Waals surface area contributed by atoms with Gasteiger partial charge in [0, 0.05) is 25.5 Å². The highest BCUT2D eigenvalue weighted by Crippen LogP contribution is 2.22. The van der Waals surface area contributed by atoms with Gasteiger partial charge in [-0.2, -0.15) is 0 Å². The van der Waals surface area contributed by atoms with Gasteiger partial charge >= 0.3 is 0 Å². The first-order valence-electron chi connectivity index (χ1n) is 5.24. The lowest BCUT2D eigenvalue weighted by Crippen LogP contribution is -2.09. The van der Waals surface area contributed by atoms with Crippen LogP contribution in [0.1, 0.15) is 5.56 Å². The Labute approximate surface area is 95.5 Å². The smallest absolute Gasteiger partial charge is 0.0594 e. The SMILES string of the molecule is CN(c1ccc(CN)cc1)c1cccnc1. The minimum absolute atomic E-state index is 0.580. The van der Waals surface area contributed by atoms with Crippen molar-refractivity contribution in [2.24, 2.45) is 5.73 Å². The summed E-state index contributed by atoms with van der Waals surface area (Å²) in [7, 11) is 2.02. The Hall–Kier alpha value is -1.87. The molecule has 82 valence electrons. The molecule has 2 N–H and O–H groups in total. The summed E-state index contributed by atoms with van der Waals surface area (Å²) in [6.45, 7) is 0.580. The van der Waals surface area contributed by atoms with Crippen LogP contribution < -0.4 is 10.6 Å². The second-order valence-corrected chi connectivity index (χ2v) is 3.64. The molecule has 0 fully saturated rings. The number of rotatable bonds is 3. The highest BCUT2D eigenvalue weighted by Gasteiger charge is 2.02. The average molecular weight is 213 g/mol. The Kier molecular flexibility index (Phi) is 3.17. The van der Waals surface area contributed by atoms with Crippen molar-refractivity contribution in [3.63, 3.8) is 0 Å². The summed E-state index contributed by atoms with van der Waals surface area (Å²) in [6.07, 6.45) is 3.62. The summed E-state index contributed by atoms with van der Waals surface area (Å²) in [5.41, 5.74) is 8.91. The van der Waals surface area contributed by atoms with Crippen molar-refractivity contribution in [2.75, 3.05) is 11.9 Å². The van der Waals surface area contributed by atoms with E-state index in [0.29, 0.717) is 6.54 Å². The maximum atomic E-state index is 5.56. The summed E-state index contributed by atoms with van der Waals surface area (Å²) in [5.74, 6) is 0. The van der Waals surface area contributed by atoms with Crippen LogP contribution in [0.25, 0.3) is 0 Å². The average Bonchev–Trinajstić information content (AvgIpc) is 2.39. The summed E-state index contributed by atoms with van der Waals surface area (Å²) in [4.78, 5) is 6.19. The molecule has 1 heterocycles.